The number of ketones is 2. The monoisotopic (exact) mass is 701 g/mol. The third-order valence-corrected chi connectivity index (χ3v) is 9.44. The van der Waals surface area contributed by atoms with Crippen LogP contribution >= 0.6 is 32.9 Å². The van der Waals surface area contributed by atoms with Crippen LogP contribution in [0.1, 0.15) is 44.2 Å². The molecular formula is C27H33Br2N3O9. The summed E-state index contributed by atoms with van der Waals surface area (Å²) in [5.74, 6) is -10.3. The molecule has 12 nitrogen and oxygen atoms in total. The van der Waals surface area contributed by atoms with Crippen molar-refractivity contribution < 1.29 is 44.7 Å². The maximum atomic E-state index is 14.0. The third kappa shape index (κ3) is 4.51. The Hall–Kier alpha value is -2.78. The minimum atomic E-state index is -3.00. The second kappa shape index (κ2) is 10.8. The predicted octanol–water partition coefficient (Wildman–Crippen LogP) is 1.58. The molecule has 0 aliphatic heterocycles. The Morgan fingerprint density at radius 3 is 2.29 bits per heavy atom. The molecule has 1 fully saturated rings. The Bertz CT molecular complexity index is 1420. The molecule has 41 heavy (non-hydrogen) atoms. The standard InChI is InChI=1S/C27H32BrN3O9.BrH/c1-6-26(3,28)25(39)30-11-8-7-10-9(2)12-14(19(33)13(10)18(11)32)22(36)27(40)16(20(12)34)17(31(4)5)21(35)15(23(27)37)24(29)38;/h7-9,12,16-17,20,32-34,37,40H,6H2,1-5H3,(H2,29,38)(H,30,39);1H/t9?,12?,16?,17-,20?,26?,27-;/m0./s1. The van der Waals surface area contributed by atoms with Crippen LogP contribution in [0.4, 0.5) is 5.69 Å². The fourth-order valence-electron chi connectivity index (χ4n) is 6.13. The van der Waals surface area contributed by atoms with Gasteiger partial charge in [0.25, 0.3) is 5.91 Å². The molecule has 0 radical (unpaired) electrons. The van der Waals surface area contributed by atoms with Crippen LogP contribution in [0.5, 0.6) is 5.75 Å². The number of hydrogen-bond donors (Lipinski definition) is 7. The molecule has 0 aromatic heterocycles. The number of phenols is 1. The van der Waals surface area contributed by atoms with Gasteiger partial charge in [-0.3, -0.25) is 24.1 Å². The number of hydrogen-bond acceptors (Lipinski definition) is 10. The van der Waals surface area contributed by atoms with E-state index < -0.39 is 91.6 Å². The van der Waals surface area contributed by atoms with Gasteiger partial charge >= 0.3 is 0 Å². The molecule has 0 heterocycles. The van der Waals surface area contributed by atoms with Gasteiger partial charge in [0.1, 0.15) is 27.2 Å². The highest BCUT2D eigenvalue weighted by Crippen LogP contribution is 2.56. The Labute approximate surface area is 254 Å². The van der Waals surface area contributed by atoms with Crippen LogP contribution in [0.25, 0.3) is 5.76 Å². The molecule has 4 rings (SSSR count). The summed E-state index contributed by atoms with van der Waals surface area (Å²) in [5, 5.41) is 59.4. The molecule has 224 valence electrons. The Kier molecular flexibility index (Phi) is 8.63. The first-order chi connectivity index (χ1) is 18.4. The number of aliphatic hydroxyl groups is 4. The number of primary amides is 1. The highest BCUT2D eigenvalue weighted by atomic mass is 79.9. The van der Waals surface area contributed by atoms with E-state index in [9.17, 15) is 44.7 Å². The van der Waals surface area contributed by atoms with Crippen molar-refractivity contribution in [1.29, 1.82) is 0 Å². The Balaban J connectivity index is 0.00000462. The average molecular weight is 703 g/mol. The molecule has 1 aromatic carbocycles. The van der Waals surface area contributed by atoms with Gasteiger partial charge in [-0.15, -0.1) is 17.0 Å². The number of nitrogens with one attached hydrogen (secondary N) is 1. The highest BCUT2D eigenvalue weighted by molar-refractivity contribution is 9.10. The zero-order valence-electron chi connectivity index (χ0n) is 22.9. The van der Waals surface area contributed by atoms with Crippen LogP contribution in [0.3, 0.4) is 0 Å². The summed E-state index contributed by atoms with van der Waals surface area (Å²) < 4.78 is -0.959. The van der Waals surface area contributed by atoms with Crippen LogP contribution < -0.4 is 11.1 Å². The third-order valence-electron chi connectivity index (χ3n) is 8.52. The second-order valence-corrected chi connectivity index (χ2v) is 12.7. The molecular weight excluding hydrogens is 670 g/mol. The summed E-state index contributed by atoms with van der Waals surface area (Å²) in [6.45, 7) is 5.05. The number of rotatable bonds is 5. The predicted molar refractivity (Wildman–Crippen MR) is 157 cm³/mol. The summed E-state index contributed by atoms with van der Waals surface area (Å²) in [6.07, 6.45) is -1.26. The topological polar surface area (TPSA) is 211 Å². The zero-order valence-corrected chi connectivity index (χ0v) is 26.2. The van der Waals surface area contributed by atoms with Crippen molar-refractivity contribution in [2.75, 3.05) is 19.4 Å². The van der Waals surface area contributed by atoms with Gasteiger partial charge < -0.3 is 36.6 Å². The van der Waals surface area contributed by atoms with Gasteiger partial charge in [0, 0.05) is 11.5 Å². The SMILES string of the molecule is Br.CCC(C)(Br)C(=O)Nc1ccc2c(c1O)C(O)=C1C(=O)[C@]3(O)C(O)=C(C(N)=O)C(=O)[C@@H](N(C)C)C3C(O)C1C2C. The number of halogens is 2. The summed E-state index contributed by atoms with van der Waals surface area (Å²) in [6, 6.07) is 1.52. The maximum absolute atomic E-state index is 14.0. The van der Waals surface area contributed by atoms with Gasteiger partial charge in [-0.25, -0.2) is 0 Å². The maximum Gasteiger partial charge on any atom is 0.255 e. The first-order valence-corrected chi connectivity index (χ1v) is 13.4. The van der Waals surface area contributed by atoms with Crippen molar-refractivity contribution in [3.8, 4) is 5.75 Å². The zero-order chi connectivity index (χ0) is 30.2. The lowest BCUT2D eigenvalue weighted by Gasteiger charge is -2.53. The molecule has 5 unspecified atom stereocenters. The first kappa shape index (κ1) is 32.7. The number of likely N-dealkylation sites (N-methyl/N-ethyl adjacent to an activating group) is 1. The van der Waals surface area contributed by atoms with Gasteiger partial charge in [0.2, 0.25) is 11.7 Å². The number of carbonyl (C=O) groups is 4. The molecule has 0 bridgehead atoms. The number of phenolic OH excluding ortho intramolecular Hbond substituents is 1. The van der Waals surface area contributed by atoms with E-state index in [0.29, 0.717) is 12.0 Å². The van der Waals surface area contributed by atoms with Gasteiger partial charge in [0.05, 0.1) is 29.3 Å². The lowest BCUT2D eigenvalue weighted by molar-refractivity contribution is -0.169. The minimum Gasteiger partial charge on any atom is -0.508 e. The first-order valence-electron chi connectivity index (χ1n) is 12.6. The Morgan fingerprint density at radius 2 is 1.78 bits per heavy atom. The van der Waals surface area contributed by atoms with Gasteiger partial charge in [0.15, 0.2) is 11.4 Å². The lowest BCUT2D eigenvalue weighted by Crippen LogP contribution is -2.70. The summed E-state index contributed by atoms with van der Waals surface area (Å²) in [4.78, 5) is 53.4. The quantitative estimate of drug-likeness (QED) is 0.134. The van der Waals surface area contributed by atoms with Gasteiger partial charge in [-0.1, -0.05) is 35.8 Å². The molecule has 1 saturated carbocycles. The lowest BCUT2D eigenvalue weighted by atomic mass is 9.54. The fourth-order valence-corrected chi connectivity index (χ4v) is 6.23. The Morgan fingerprint density at radius 1 is 1.20 bits per heavy atom. The van der Waals surface area contributed by atoms with E-state index in [0.717, 1.165) is 0 Å². The summed E-state index contributed by atoms with van der Waals surface area (Å²) in [7, 11) is 2.88. The number of Topliss-reactive ketones (excluding diaryl/α,β-unsaturated/α-hetero) is 2. The van der Waals surface area contributed by atoms with Gasteiger partial charge in [-0.05, 0) is 45.0 Å². The number of nitrogens with zero attached hydrogens (tertiary/aromatic N) is 1. The molecule has 0 spiro atoms. The van der Waals surface area contributed by atoms with Crippen molar-refractivity contribution in [3.05, 3.63) is 40.2 Å². The number of fused-ring (bicyclic) bond motifs is 3. The van der Waals surface area contributed by atoms with Crippen LogP contribution in [0.15, 0.2) is 29.0 Å². The van der Waals surface area contributed by atoms with Gasteiger partial charge in [-0.2, -0.15) is 0 Å². The summed E-state index contributed by atoms with van der Waals surface area (Å²) in [5.41, 5.74) is 0.895. The van der Waals surface area contributed by atoms with E-state index in [4.69, 9.17) is 5.73 Å². The molecule has 8 N–H and O–H groups in total. The van der Waals surface area contributed by atoms with E-state index >= 15 is 0 Å². The number of aliphatic hydroxyl groups excluding tert-OH is 3. The highest BCUT2D eigenvalue weighted by Gasteiger charge is 2.68. The largest absolute Gasteiger partial charge is 0.508 e. The normalized spacial score (nSPS) is 30.6. The van der Waals surface area contributed by atoms with Crippen molar-refractivity contribution in [1.82, 2.24) is 4.90 Å². The molecule has 3 aliphatic carbocycles. The fraction of sp³-hybridized carbons (Fsp3) is 0.481. The van der Waals surface area contributed by atoms with E-state index in [2.05, 4.69) is 21.2 Å². The van der Waals surface area contributed by atoms with Crippen molar-refractivity contribution >= 4 is 67.7 Å². The second-order valence-electron chi connectivity index (χ2n) is 11.0. The van der Waals surface area contributed by atoms with Crippen LogP contribution in [0.2, 0.25) is 0 Å². The van der Waals surface area contributed by atoms with Crippen molar-refractivity contribution in [2.45, 2.75) is 55.2 Å². The minimum absolute atomic E-state index is 0. The number of nitrogens with two attached hydrogens (primary N) is 1. The number of carbonyl (C=O) groups excluding carboxylic acids is 4. The molecule has 3 aliphatic rings. The van der Waals surface area contributed by atoms with E-state index in [1.54, 1.807) is 20.8 Å². The van der Waals surface area contributed by atoms with E-state index in [1.165, 1.54) is 31.1 Å². The van der Waals surface area contributed by atoms with Crippen molar-refractivity contribution in [3.63, 3.8) is 0 Å². The number of alkyl halides is 1. The average Bonchev–Trinajstić information content (AvgIpc) is 2.87. The summed E-state index contributed by atoms with van der Waals surface area (Å²) >= 11 is 3.32. The number of anilines is 1. The molecule has 1 aromatic rings. The van der Waals surface area contributed by atoms with Crippen LogP contribution in [-0.4, -0.2) is 90.0 Å². The molecule has 2 amide bonds. The molecule has 0 saturated heterocycles. The molecule has 7 atom stereocenters. The number of amides is 2. The smallest absolute Gasteiger partial charge is 0.255 e. The number of aromatic hydroxyl groups is 1. The number of benzene rings is 1. The van der Waals surface area contributed by atoms with Crippen molar-refractivity contribution in [2.24, 2.45) is 17.6 Å². The molecule has 14 heteroatoms. The van der Waals surface area contributed by atoms with E-state index in [-0.39, 0.29) is 28.2 Å². The van der Waals surface area contributed by atoms with E-state index in [1.807, 2.05) is 0 Å². The van der Waals surface area contributed by atoms with Crippen LogP contribution in [-0.2, 0) is 19.2 Å². The van der Waals surface area contributed by atoms with Crippen LogP contribution in [0, 0.1) is 11.8 Å².